The molecule has 0 saturated carbocycles. The molecule has 0 N–H and O–H groups in total. The zero-order valence-electron chi connectivity index (χ0n) is 19.8. The first-order valence-corrected chi connectivity index (χ1v) is 11.9. The predicted molar refractivity (Wildman–Crippen MR) is 134 cm³/mol. The Morgan fingerprint density at radius 3 is 2.56 bits per heavy atom. The van der Waals surface area contributed by atoms with Crippen molar-refractivity contribution < 1.29 is 13.7 Å². The third-order valence-electron chi connectivity index (χ3n) is 6.38. The number of aryl methyl sites for hydroxylation is 1. The molecule has 180 valence electrons. The van der Waals surface area contributed by atoms with Crippen LogP contribution >= 0.6 is 0 Å². The number of amides is 1. The summed E-state index contributed by atoms with van der Waals surface area (Å²) in [6.07, 6.45) is 5.56. The first-order chi connectivity index (χ1) is 17.7. The number of hydrogen-bond acceptors (Lipinski definition) is 8. The molecule has 0 bridgehead atoms. The molecule has 1 fully saturated rings. The molecule has 9 nitrogen and oxygen atoms in total. The molecule has 1 aliphatic rings. The van der Waals surface area contributed by atoms with Gasteiger partial charge in [0.25, 0.3) is 11.6 Å². The molecule has 0 atom stereocenters. The van der Waals surface area contributed by atoms with Gasteiger partial charge in [-0.25, -0.2) is 4.98 Å². The highest BCUT2D eigenvalue weighted by molar-refractivity contribution is 5.98. The molecule has 0 spiro atoms. The molecule has 1 aliphatic heterocycles. The van der Waals surface area contributed by atoms with Crippen molar-refractivity contribution >= 4 is 22.8 Å². The SMILES string of the molecule is Cc1ccc(Cc2nc(N3CCN(C(=O)c4ccco4)CC3)c3c(-c4cccnc4)noc3n2)cc1. The van der Waals surface area contributed by atoms with Crippen molar-refractivity contribution in [2.75, 3.05) is 31.1 Å². The maximum Gasteiger partial charge on any atom is 0.289 e. The van der Waals surface area contributed by atoms with Gasteiger partial charge in [-0.15, -0.1) is 0 Å². The second-order valence-corrected chi connectivity index (χ2v) is 8.84. The molecule has 0 unspecified atom stereocenters. The van der Waals surface area contributed by atoms with Crippen LogP contribution in [0.15, 0.2) is 76.1 Å². The molecule has 36 heavy (non-hydrogen) atoms. The van der Waals surface area contributed by atoms with Gasteiger partial charge in [-0.05, 0) is 36.8 Å². The maximum atomic E-state index is 12.8. The van der Waals surface area contributed by atoms with Gasteiger partial charge in [-0.1, -0.05) is 35.0 Å². The summed E-state index contributed by atoms with van der Waals surface area (Å²) in [5, 5.41) is 5.09. The number of anilines is 1. The van der Waals surface area contributed by atoms with E-state index < -0.39 is 0 Å². The van der Waals surface area contributed by atoms with Gasteiger partial charge in [0.2, 0.25) is 0 Å². The highest BCUT2D eigenvalue weighted by atomic mass is 16.5. The molecule has 5 heterocycles. The van der Waals surface area contributed by atoms with Crippen LogP contribution in [-0.2, 0) is 6.42 Å². The molecule has 6 rings (SSSR count). The summed E-state index contributed by atoms with van der Waals surface area (Å²) in [6, 6.07) is 15.6. The second-order valence-electron chi connectivity index (χ2n) is 8.84. The minimum Gasteiger partial charge on any atom is -0.459 e. The molecular weight excluding hydrogens is 456 g/mol. The topological polar surface area (TPSA) is 101 Å². The van der Waals surface area contributed by atoms with Crippen molar-refractivity contribution in [3.8, 4) is 11.3 Å². The Bertz CT molecular complexity index is 1490. The third kappa shape index (κ3) is 4.19. The van der Waals surface area contributed by atoms with Crippen LogP contribution in [0.2, 0.25) is 0 Å². The summed E-state index contributed by atoms with van der Waals surface area (Å²) in [5.74, 6) is 1.66. The number of nitrogens with zero attached hydrogens (tertiary/aromatic N) is 6. The molecular formula is C27H24N6O3. The lowest BCUT2D eigenvalue weighted by Gasteiger charge is -2.35. The molecule has 0 aliphatic carbocycles. The van der Waals surface area contributed by atoms with Crippen LogP contribution in [0.3, 0.4) is 0 Å². The van der Waals surface area contributed by atoms with Gasteiger partial charge >= 0.3 is 0 Å². The van der Waals surface area contributed by atoms with E-state index in [1.807, 2.05) is 12.1 Å². The van der Waals surface area contributed by atoms with E-state index in [9.17, 15) is 4.79 Å². The van der Waals surface area contributed by atoms with Crippen molar-refractivity contribution in [1.29, 1.82) is 0 Å². The van der Waals surface area contributed by atoms with Gasteiger partial charge in [0.1, 0.15) is 22.7 Å². The number of pyridine rings is 1. The Morgan fingerprint density at radius 1 is 1.00 bits per heavy atom. The van der Waals surface area contributed by atoms with Gasteiger partial charge in [0.15, 0.2) is 5.76 Å². The van der Waals surface area contributed by atoms with Crippen LogP contribution in [0.4, 0.5) is 5.82 Å². The van der Waals surface area contributed by atoms with E-state index in [0.717, 1.165) is 22.3 Å². The second kappa shape index (κ2) is 9.26. The number of furan rings is 1. The van der Waals surface area contributed by atoms with E-state index in [1.54, 1.807) is 29.4 Å². The number of fused-ring (bicyclic) bond motifs is 1. The zero-order chi connectivity index (χ0) is 24.5. The molecule has 1 aromatic carbocycles. The van der Waals surface area contributed by atoms with Crippen molar-refractivity contribution in [2.45, 2.75) is 13.3 Å². The molecule has 5 aromatic rings. The normalized spacial score (nSPS) is 13.9. The number of benzene rings is 1. The number of piperazine rings is 1. The highest BCUT2D eigenvalue weighted by Crippen LogP contribution is 2.34. The summed E-state index contributed by atoms with van der Waals surface area (Å²) in [6.45, 7) is 4.38. The number of aromatic nitrogens is 4. The van der Waals surface area contributed by atoms with E-state index in [4.69, 9.17) is 18.9 Å². The van der Waals surface area contributed by atoms with Crippen LogP contribution in [-0.4, -0.2) is 57.1 Å². The largest absolute Gasteiger partial charge is 0.459 e. The van der Waals surface area contributed by atoms with E-state index in [2.05, 4.69) is 46.2 Å². The monoisotopic (exact) mass is 480 g/mol. The standard InChI is InChI=1S/C27H24N6O3/c1-18-6-8-19(9-7-18)16-22-29-25(23-24(31-36-26(23)30-22)20-4-2-10-28-17-20)32-11-13-33(14-12-32)27(34)21-5-3-15-35-21/h2-10,15,17H,11-14,16H2,1H3. The minimum atomic E-state index is -0.103. The Labute approximate surface area is 207 Å². The summed E-state index contributed by atoms with van der Waals surface area (Å²) in [5.41, 5.74) is 4.25. The molecule has 4 aromatic heterocycles. The van der Waals surface area contributed by atoms with Crippen molar-refractivity contribution in [3.05, 3.63) is 89.9 Å². The zero-order valence-corrected chi connectivity index (χ0v) is 19.8. The van der Waals surface area contributed by atoms with Crippen LogP contribution in [0.25, 0.3) is 22.4 Å². The lowest BCUT2D eigenvalue weighted by Crippen LogP contribution is -2.49. The lowest BCUT2D eigenvalue weighted by atomic mass is 10.1. The van der Waals surface area contributed by atoms with Gasteiger partial charge in [-0.3, -0.25) is 9.78 Å². The van der Waals surface area contributed by atoms with Crippen molar-refractivity contribution in [2.24, 2.45) is 0 Å². The number of carbonyl (C=O) groups excluding carboxylic acids is 1. The number of hydrogen-bond donors (Lipinski definition) is 0. The Hall–Kier alpha value is -4.53. The summed E-state index contributed by atoms with van der Waals surface area (Å²) >= 11 is 0. The molecule has 1 amide bonds. The first kappa shape index (κ1) is 22.0. The lowest BCUT2D eigenvalue weighted by molar-refractivity contribution is 0.0714. The quantitative estimate of drug-likeness (QED) is 0.370. The van der Waals surface area contributed by atoms with E-state index in [0.29, 0.717) is 55.6 Å². The Balaban J connectivity index is 1.35. The van der Waals surface area contributed by atoms with Crippen LogP contribution < -0.4 is 4.90 Å². The van der Waals surface area contributed by atoms with Gasteiger partial charge in [0, 0.05) is 50.6 Å². The Kier molecular flexibility index (Phi) is 5.65. The highest BCUT2D eigenvalue weighted by Gasteiger charge is 2.28. The Morgan fingerprint density at radius 2 is 1.83 bits per heavy atom. The first-order valence-electron chi connectivity index (χ1n) is 11.9. The smallest absolute Gasteiger partial charge is 0.289 e. The predicted octanol–water partition coefficient (Wildman–Crippen LogP) is 4.13. The van der Waals surface area contributed by atoms with Crippen LogP contribution in [0, 0.1) is 6.92 Å². The fraction of sp³-hybridized carbons (Fsp3) is 0.222. The van der Waals surface area contributed by atoms with Gasteiger partial charge in [0.05, 0.1) is 6.26 Å². The van der Waals surface area contributed by atoms with Gasteiger partial charge in [-0.2, -0.15) is 4.98 Å². The number of carbonyl (C=O) groups is 1. The van der Waals surface area contributed by atoms with E-state index in [1.165, 1.54) is 11.8 Å². The maximum absolute atomic E-state index is 12.8. The van der Waals surface area contributed by atoms with Crippen LogP contribution in [0.5, 0.6) is 0 Å². The van der Waals surface area contributed by atoms with Crippen molar-refractivity contribution in [1.82, 2.24) is 25.0 Å². The minimum absolute atomic E-state index is 0.103. The third-order valence-corrected chi connectivity index (χ3v) is 6.38. The fourth-order valence-corrected chi connectivity index (χ4v) is 4.45. The fourth-order valence-electron chi connectivity index (χ4n) is 4.45. The number of rotatable bonds is 5. The summed E-state index contributed by atoms with van der Waals surface area (Å²) < 4.78 is 11.0. The summed E-state index contributed by atoms with van der Waals surface area (Å²) in [4.78, 5) is 30.7. The van der Waals surface area contributed by atoms with Crippen LogP contribution in [0.1, 0.15) is 27.5 Å². The molecule has 0 radical (unpaired) electrons. The van der Waals surface area contributed by atoms with E-state index >= 15 is 0 Å². The molecule has 9 heteroatoms. The summed E-state index contributed by atoms with van der Waals surface area (Å²) in [7, 11) is 0. The average molecular weight is 481 g/mol. The van der Waals surface area contributed by atoms with Gasteiger partial charge < -0.3 is 18.7 Å². The van der Waals surface area contributed by atoms with Crippen molar-refractivity contribution in [3.63, 3.8) is 0 Å². The van der Waals surface area contributed by atoms with E-state index in [-0.39, 0.29) is 5.91 Å². The average Bonchev–Trinajstić information content (AvgIpc) is 3.61. The molecule has 1 saturated heterocycles.